The number of carbonyl (C=O) groups excluding carboxylic acids is 1. The highest BCUT2D eigenvalue weighted by Crippen LogP contribution is 2.41. The summed E-state index contributed by atoms with van der Waals surface area (Å²) in [5.74, 6) is 1.15. The van der Waals surface area contributed by atoms with Crippen molar-refractivity contribution < 1.29 is 4.79 Å². The lowest BCUT2D eigenvalue weighted by atomic mass is 9.98. The van der Waals surface area contributed by atoms with Crippen LogP contribution in [-0.4, -0.2) is 36.9 Å². The van der Waals surface area contributed by atoms with E-state index < -0.39 is 5.54 Å². The molecule has 2 heterocycles. The lowest BCUT2D eigenvalue weighted by Crippen LogP contribution is -2.47. The Morgan fingerprint density at radius 3 is 2.85 bits per heavy atom. The summed E-state index contributed by atoms with van der Waals surface area (Å²) in [7, 11) is 0. The fourth-order valence-electron chi connectivity index (χ4n) is 3.07. The van der Waals surface area contributed by atoms with Gasteiger partial charge in [-0.15, -0.1) is 10.2 Å². The van der Waals surface area contributed by atoms with Crippen molar-refractivity contribution >= 4 is 17.7 Å². The van der Waals surface area contributed by atoms with E-state index in [2.05, 4.69) is 31.1 Å². The molecule has 0 aromatic carbocycles. The summed E-state index contributed by atoms with van der Waals surface area (Å²) < 4.78 is 2.11. The Labute approximate surface area is 156 Å². The van der Waals surface area contributed by atoms with E-state index in [-0.39, 0.29) is 17.6 Å². The van der Waals surface area contributed by atoms with Gasteiger partial charge in [-0.05, 0) is 50.7 Å². The molecule has 2 aliphatic carbocycles. The standard InChI is InChI=1S/C18H20N6OS/c1-18(11-19,13-4-5-13)21-15(25)10-26-17-23-22-16(24(17)14-6-7-14)12-3-2-8-20-9-12/h2-3,8-9,13-14H,4-7,10H2,1H3,(H,21,25)/t18-/m1/s1. The molecule has 4 rings (SSSR count). The molecule has 2 fully saturated rings. The first-order valence-electron chi connectivity index (χ1n) is 8.81. The monoisotopic (exact) mass is 368 g/mol. The minimum atomic E-state index is -0.761. The fourth-order valence-corrected chi connectivity index (χ4v) is 3.87. The van der Waals surface area contributed by atoms with E-state index in [1.807, 2.05) is 12.1 Å². The first-order chi connectivity index (χ1) is 12.6. The second kappa shape index (κ2) is 6.72. The Hall–Kier alpha value is -2.40. The highest BCUT2D eigenvalue weighted by Gasteiger charge is 2.43. The van der Waals surface area contributed by atoms with Crippen LogP contribution in [0.5, 0.6) is 0 Å². The molecule has 2 aromatic rings. The van der Waals surface area contributed by atoms with E-state index in [4.69, 9.17) is 0 Å². The molecule has 7 nitrogen and oxygen atoms in total. The average molecular weight is 368 g/mol. The normalized spacial score (nSPS) is 18.8. The number of hydrogen-bond donors (Lipinski definition) is 1. The molecule has 0 saturated heterocycles. The largest absolute Gasteiger partial charge is 0.337 e. The molecule has 0 bridgehead atoms. The summed E-state index contributed by atoms with van der Waals surface area (Å²) in [5.41, 5.74) is 0.164. The Morgan fingerprint density at radius 2 is 2.23 bits per heavy atom. The van der Waals surface area contributed by atoms with Gasteiger partial charge in [-0.3, -0.25) is 14.3 Å². The van der Waals surface area contributed by atoms with Gasteiger partial charge in [-0.25, -0.2) is 0 Å². The van der Waals surface area contributed by atoms with E-state index in [0.717, 1.165) is 42.2 Å². The van der Waals surface area contributed by atoms with Crippen LogP contribution in [0.1, 0.15) is 38.6 Å². The number of carbonyl (C=O) groups is 1. The minimum absolute atomic E-state index is 0.140. The zero-order valence-electron chi connectivity index (χ0n) is 14.6. The molecule has 1 amide bonds. The molecule has 0 radical (unpaired) electrons. The molecule has 26 heavy (non-hydrogen) atoms. The van der Waals surface area contributed by atoms with E-state index in [1.165, 1.54) is 11.8 Å². The van der Waals surface area contributed by atoms with Crippen molar-refractivity contribution in [3.05, 3.63) is 24.5 Å². The number of pyridine rings is 1. The zero-order valence-corrected chi connectivity index (χ0v) is 15.4. The highest BCUT2D eigenvalue weighted by atomic mass is 32.2. The van der Waals surface area contributed by atoms with E-state index >= 15 is 0 Å². The number of amides is 1. The van der Waals surface area contributed by atoms with Gasteiger partial charge in [0, 0.05) is 24.0 Å². The molecule has 0 spiro atoms. The summed E-state index contributed by atoms with van der Waals surface area (Å²) in [6, 6.07) is 6.48. The summed E-state index contributed by atoms with van der Waals surface area (Å²) in [6.07, 6.45) is 7.70. The van der Waals surface area contributed by atoms with Crippen LogP contribution < -0.4 is 5.32 Å². The number of rotatable bonds is 7. The van der Waals surface area contributed by atoms with Gasteiger partial charge in [0.2, 0.25) is 5.91 Å². The van der Waals surface area contributed by atoms with Crippen LogP contribution in [0.3, 0.4) is 0 Å². The minimum Gasteiger partial charge on any atom is -0.337 e. The maximum Gasteiger partial charge on any atom is 0.231 e. The number of nitrogens with one attached hydrogen (secondary N) is 1. The highest BCUT2D eigenvalue weighted by molar-refractivity contribution is 7.99. The van der Waals surface area contributed by atoms with Crippen molar-refractivity contribution in [1.29, 1.82) is 5.26 Å². The Bertz CT molecular complexity index is 852. The van der Waals surface area contributed by atoms with E-state index in [1.54, 1.807) is 19.3 Å². The van der Waals surface area contributed by atoms with Crippen LogP contribution in [0, 0.1) is 17.2 Å². The molecule has 2 saturated carbocycles. The van der Waals surface area contributed by atoms with Gasteiger partial charge in [0.1, 0.15) is 5.54 Å². The number of nitriles is 1. The van der Waals surface area contributed by atoms with Gasteiger partial charge in [0.05, 0.1) is 11.8 Å². The van der Waals surface area contributed by atoms with Gasteiger partial charge >= 0.3 is 0 Å². The van der Waals surface area contributed by atoms with E-state index in [9.17, 15) is 10.1 Å². The quantitative estimate of drug-likeness (QED) is 0.755. The first kappa shape index (κ1) is 17.0. The molecular weight excluding hydrogens is 348 g/mol. The van der Waals surface area contributed by atoms with Gasteiger partial charge in [0.15, 0.2) is 11.0 Å². The van der Waals surface area contributed by atoms with Crippen LogP contribution in [0.25, 0.3) is 11.4 Å². The van der Waals surface area contributed by atoms with Crippen molar-refractivity contribution in [1.82, 2.24) is 25.1 Å². The molecule has 8 heteroatoms. The molecule has 134 valence electrons. The molecule has 1 atom stereocenters. The third kappa shape index (κ3) is 3.44. The van der Waals surface area contributed by atoms with Crippen LogP contribution >= 0.6 is 11.8 Å². The molecule has 2 aliphatic rings. The summed E-state index contributed by atoms with van der Waals surface area (Å²) in [4.78, 5) is 16.5. The number of aromatic nitrogens is 4. The van der Waals surface area contributed by atoms with Crippen molar-refractivity contribution in [3.63, 3.8) is 0 Å². The Morgan fingerprint density at radius 1 is 1.42 bits per heavy atom. The van der Waals surface area contributed by atoms with Crippen LogP contribution in [0.4, 0.5) is 0 Å². The average Bonchev–Trinajstić information content (AvgIpc) is 3.58. The number of thioether (sulfide) groups is 1. The second-order valence-electron chi connectivity index (χ2n) is 7.07. The van der Waals surface area contributed by atoms with Crippen molar-refractivity contribution in [2.24, 2.45) is 5.92 Å². The number of nitrogens with zero attached hydrogens (tertiary/aromatic N) is 5. The number of hydrogen-bond acceptors (Lipinski definition) is 6. The topological polar surface area (TPSA) is 96.5 Å². The lowest BCUT2D eigenvalue weighted by Gasteiger charge is -2.22. The molecular formula is C18H20N6OS. The fraction of sp³-hybridized carbons (Fsp3) is 0.500. The Balaban J connectivity index is 1.46. The third-order valence-electron chi connectivity index (χ3n) is 4.85. The van der Waals surface area contributed by atoms with Crippen LogP contribution in [0.15, 0.2) is 29.7 Å². The molecule has 0 unspecified atom stereocenters. The second-order valence-corrected chi connectivity index (χ2v) is 8.02. The zero-order chi connectivity index (χ0) is 18.1. The predicted octanol–water partition coefficient (Wildman–Crippen LogP) is 2.58. The van der Waals surface area contributed by atoms with E-state index in [0.29, 0.717) is 6.04 Å². The van der Waals surface area contributed by atoms with Crippen molar-refractivity contribution in [2.75, 3.05) is 5.75 Å². The van der Waals surface area contributed by atoms with Crippen LogP contribution in [-0.2, 0) is 4.79 Å². The lowest BCUT2D eigenvalue weighted by molar-refractivity contribution is -0.119. The third-order valence-corrected chi connectivity index (χ3v) is 5.80. The van der Waals surface area contributed by atoms with Gasteiger partial charge < -0.3 is 5.32 Å². The summed E-state index contributed by atoms with van der Waals surface area (Å²) in [6.45, 7) is 1.81. The Kier molecular flexibility index (Phi) is 4.41. The van der Waals surface area contributed by atoms with Gasteiger partial charge in [-0.1, -0.05) is 11.8 Å². The van der Waals surface area contributed by atoms with Gasteiger partial charge in [0.25, 0.3) is 0 Å². The SMILES string of the molecule is C[C@](C#N)(NC(=O)CSc1nnc(-c2cccnc2)n1C1CC1)C1CC1. The summed E-state index contributed by atoms with van der Waals surface area (Å²) >= 11 is 1.37. The van der Waals surface area contributed by atoms with Gasteiger partial charge in [-0.2, -0.15) is 5.26 Å². The van der Waals surface area contributed by atoms with Crippen molar-refractivity contribution in [2.45, 2.75) is 49.3 Å². The first-order valence-corrected chi connectivity index (χ1v) is 9.79. The molecule has 1 N–H and O–H groups in total. The molecule has 2 aromatic heterocycles. The maximum atomic E-state index is 12.3. The smallest absolute Gasteiger partial charge is 0.231 e. The molecule has 0 aliphatic heterocycles. The summed E-state index contributed by atoms with van der Waals surface area (Å²) in [5, 5.41) is 21.6. The van der Waals surface area contributed by atoms with Crippen LogP contribution in [0.2, 0.25) is 0 Å². The predicted molar refractivity (Wildman–Crippen MR) is 97.1 cm³/mol. The maximum absolute atomic E-state index is 12.3. The van der Waals surface area contributed by atoms with Crippen molar-refractivity contribution in [3.8, 4) is 17.5 Å².